The van der Waals surface area contributed by atoms with Gasteiger partial charge >= 0.3 is 5.97 Å². The van der Waals surface area contributed by atoms with E-state index < -0.39 is 5.97 Å². The summed E-state index contributed by atoms with van der Waals surface area (Å²) in [4.78, 5) is 15.5. The van der Waals surface area contributed by atoms with Crippen LogP contribution in [0, 0.1) is 0 Å². The fourth-order valence-electron chi connectivity index (χ4n) is 1.38. The molecule has 0 saturated carbocycles. The van der Waals surface area contributed by atoms with E-state index in [1.165, 1.54) is 0 Å². The Labute approximate surface area is 93.6 Å². The predicted molar refractivity (Wildman–Crippen MR) is 62.4 cm³/mol. The van der Waals surface area contributed by atoms with Crippen LogP contribution in [-0.2, 0) is 9.53 Å². The fraction of sp³-hybridized carbons (Fsp3) is 0.167. The Kier molecular flexibility index (Phi) is 3.00. The third kappa shape index (κ3) is 2.11. The molecule has 1 aromatic rings. The van der Waals surface area contributed by atoms with Crippen molar-refractivity contribution >= 4 is 17.9 Å². The summed E-state index contributed by atoms with van der Waals surface area (Å²) in [5.41, 5.74) is 2.14. The fourth-order valence-corrected chi connectivity index (χ4v) is 1.38. The molecule has 1 aliphatic rings. The molecule has 0 aromatic heterocycles. The van der Waals surface area contributed by atoms with Crippen molar-refractivity contribution in [2.75, 3.05) is 11.9 Å². The van der Waals surface area contributed by atoms with Gasteiger partial charge in [0.15, 0.2) is 5.70 Å². The van der Waals surface area contributed by atoms with Crippen molar-refractivity contribution in [3.8, 4) is 0 Å². The second kappa shape index (κ2) is 4.61. The van der Waals surface area contributed by atoms with Gasteiger partial charge in [0.1, 0.15) is 0 Å². The number of ether oxygens (including phenoxy) is 1. The number of rotatable bonds is 2. The van der Waals surface area contributed by atoms with E-state index in [4.69, 9.17) is 4.74 Å². The lowest BCUT2D eigenvalue weighted by molar-refractivity contribution is -0.138. The van der Waals surface area contributed by atoms with Crippen molar-refractivity contribution in [1.29, 1.82) is 0 Å². The highest BCUT2D eigenvalue weighted by Crippen LogP contribution is 2.17. The zero-order chi connectivity index (χ0) is 11.4. The number of esters is 1. The van der Waals surface area contributed by atoms with E-state index in [1.807, 2.05) is 24.3 Å². The molecule has 0 atom stereocenters. The van der Waals surface area contributed by atoms with Crippen LogP contribution in [0.25, 0.3) is 0 Å². The summed E-state index contributed by atoms with van der Waals surface area (Å²) in [5, 5.41) is 3.03. The summed E-state index contributed by atoms with van der Waals surface area (Å²) < 4.78 is 4.87. The quantitative estimate of drug-likeness (QED) is 0.768. The van der Waals surface area contributed by atoms with Crippen molar-refractivity contribution in [1.82, 2.24) is 0 Å². The number of hydrogen-bond donors (Lipinski definition) is 1. The molecule has 0 spiro atoms. The van der Waals surface area contributed by atoms with Gasteiger partial charge in [-0.25, -0.2) is 9.79 Å². The Morgan fingerprint density at radius 2 is 2.25 bits per heavy atom. The van der Waals surface area contributed by atoms with Crippen molar-refractivity contribution in [2.45, 2.75) is 6.92 Å². The molecule has 1 aliphatic heterocycles. The van der Waals surface area contributed by atoms with Gasteiger partial charge in [-0.3, -0.25) is 0 Å². The topological polar surface area (TPSA) is 50.7 Å². The number of fused-ring (bicyclic) bond motifs is 1. The molecule has 0 fully saturated rings. The Morgan fingerprint density at radius 1 is 1.44 bits per heavy atom. The number of nitrogens with zero attached hydrogens (tertiary/aromatic N) is 1. The van der Waals surface area contributed by atoms with Crippen LogP contribution in [0.5, 0.6) is 0 Å². The zero-order valence-electron chi connectivity index (χ0n) is 8.93. The molecule has 0 aliphatic carbocycles. The first-order valence-corrected chi connectivity index (χ1v) is 5.08. The molecule has 2 rings (SSSR count). The number of anilines is 1. The highest BCUT2D eigenvalue weighted by Gasteiger charge is 2.11. The summed E-state index contributed by atoms with van der Waals surface area (Å²) in [7, 11) is 0. The van der Waals surface area contributed by atoms with Gasteiger partial charge in [0.25, 0.3) is 0 Å². The van der Waals surface area contributed by atoms with Gasteiger partial charge in [0.2, 0.25) is 0 Å². The largest absolute Gasteiger partial charge is 0.461 e. The van der Waals surface area contributed by atoms with E-state index >= 15 is 0 Å². The van der Waals surface area contributed by atoms with Crippen LogP contribution in [0.4, 0.5) is 5.69 Å². The Morgan fingerprint density at radius 3 is 3.06 bits per heavy atom. The maximum atomic E-state index is 11.5. The highest BCUT2D eigenvalue weighted by atomic mass is 16.5. The number of carbonyl (C=O) groups excluding carboxylic acids is 1. The van der Waals surface area contributed by atoms with Gasteiger partial charge in [0.05, 0.1) is 6.61 Å². The lowest BCUT2D eigenvalue weighted by Crippen LogP contribution is -2.07. The first kappa shape index (κ1) is 10.4. The highest BCUT2D eigenvalue weighted by molar-refractivity contribution is 5.96. The zero-order valence-corrected chi connectivity index (χ0v) is 8.93. The third-order valence-corrected chi connectivity index (χ3v) is 2.15. The lowest BCUT2D eigenvalue weighted by Gasteiger charge is -2.02. The predicted octanol–water partition coefficient (Wildman–Crippen LogP) is 1.94. The van der Waals surface area contributed by atoms with Crippen LogP contribution in [0.1, 0.15) is 12.5 Å². The van der Waals surface area contributed by atoms with Crippen LogP contribution in [0.15, 0.2) is 41.2 Å². The van der Waals surface area contributed by atoms with E-state index in [9.17, 15) is 4.79 Å². The standard InChI is InChI=1S/C12H12N2O2/c1-2-16-12(15)11-8-14-10-6-4-3-5-9(10)7-13-11/h3-8,14H,2H2,1H3. The molecule has 0 amide bonds. The number of carbonyl (C=O) groups is 1. The van der Waals surface area contributed by atoms with Crippen molar-refractivity contribution in [2.24, 2.45) is 4.99 Å². The minimum absolute atomic E-state index is 0.276. The number of aliphatic imine (C=N–C) groups is 1. The Balaban J connectivity index is 2.24. The summed E-state index contributed by atoms with van der Waals surface area (Å²) in [6.07, 6.45) is 3.21. The van der Waals surface area contributed by atoms with E-state index in [-0.39, 0.29) is 5.70 Å². The molecule has 0 bridgehead atoms. The van der Waals surface area contributed by atoms with E-state index in [1.54, 1.807) is 19.3 Å². The molecular formula is C12H12N2O2. The number of benzene rings is 1. The van der Waals surface area contributed by atoms with Gasteiger partial charge in [-0.1, -0.05) is 18.2 Å². The van der Waals surface area contributed by atoms with Gasteiger partial charge in [0, 0.05) is 23.7 Å². The number of para-hydroxylation sites is 1. The Hall–Kier alpha value is -2.10. The van der Waals surface area contributed by atoms with E-state index in [2.05, 4.69) is 10.3 Å². The summed E-state index contributed by atoms with van der Waals surface area (Å²) in [6, 6.07) is 7.68. The second-order valence-electron chi connectivity index (χ2n) is 3.24. The number of hydrogen-bond acceptors (Lipinski definition) is 4. The van der Waals surface area contributed by atoms with E-state index in [0.717, 1.165) is 11.3 Å². The van der Waals surface area contributed by atoms with Crippen LogP contribution >= 0.6 is 0 Å². The van der Waals surface area contributed by atoms with E-state index in [0.29, 0.717) is 6.61 Å². The summed E-state index contributed by atoms with van der Waals surface area (Å²) in [6.45, 7) is 2.11. The van der Waals surface area contributed by atoms with Gasteiger partial charge in [-0.05, 0) is 13.0 Å². The van der Waals surface area contributed by atoms with Crippen molar-refractivity contribution in [3.63, 3.8) is 0 Å². The molecule has 1 heterocycles. The van der Waals surface area contributed by atoms with Gasteiger partial charge < -0.3 is 10.1 Å². The summed E-state index contributed by atoms with van der Waals surface area (Å²) >= 11 is 0. The number of nitrogens with one attached hydrogen (secondary N) is 1. The maximum Gasteiger partial charge on any atom is 0.358 e. The van der Waals surface area contributed by atoms with Crippen LogP contribution in [0.3, 0.4) is 0 Å². The van der Waals surface area contributed by atoms with Gasteiger partial charge in [-0.2, -0.15) is 0 Å². The minimum Gasteiger partial charge on any atom is -0.461 e. The van der Waals surface area contributed by atoms with Gasteiger partial charge in [-0.15, -0.1) is 0 Å². The molecule has 16 heavy (non-hydrogen) atoms. The first-order valence-electron chi connectivity index (χ1n) is 5.08. The first-order chi connectivity index (χ1) is 7.81. The molecule has 4 heteroatoms. The average Bonchev–Trinajstić information content (AvgIpc) is 2.51. The van der Waals surface area contributed by atoms with Crippen molar-refractivity contribution < 1.29 is 9.53 Å². The molecule has 82 valence electrons. The van der Waals surface area contributed by atoms with Crippen molar-refractivity contribution in [3.05, 3.63) is 41.7 Å². The molecular weight excluding hydrogens is 204 g/mol. The minimum atomic E-state index is -0.418. The molecule has 4 nitrogen and oxygen atoms in total. The molecule has 0 saturated heterocycles. The molecule has 1 N–H and O–H groups in total. The lowest BCUT2D eigenvalue weighted by atomic mass is 10.2. The third-order valence-electron chi connectivity index (χ3n) is 2.15. The van der Waals surface area contributed by atoms with Crippen LogP contribution in [-0.4, -0.2) is 18.8 Å². The average molecular weight is 216 g/mol. The smallest absolute Gasteiger partial charge is 0.358 e. The molecule has 0 unspecified atom stereocenters. The SMILES string of the molecule is CCOC(=O)C1=CNc2ccccc2C=N1. The second-order valence-corrected chi connectivity index (χ2v) is 3.24. The monoisotopic (exact) mass is 216 g/mol. The normalized spacial score (nSPS) is 13.2. The molecule has 0 radical (unpaired) electrons. The van der Waals surface area contributed by atoms with Crippen LogP contribution < -0.4 is 5.32 Å². The maximum absolute atomic E-state index is 11.5. The Bertz CT molecular complexity index is 464. The summed E-state index contributed by atoms with van der Waals surface area (Å²) in [5.74, 6) is -0.418. The van der Waals surface area contributed by atoms with Crippen LogP contribution in [0.2, 0.25) is 0 Å². The molecule has 1 aromatic carbocycles.